The van der Waals surface area contributed by atoms with Crippen molar-refractivity contribution in [1.29, 1.82) is 0 Å². The maximum Gasteiger partial charge on any atom is 0.321 e. The fourth-order valence-corrected chi connectivity index (χ4v) is 2.73. The highest BCUT2D eigenvalue weighted by molar-refractivity contribution is 7.20. The van der Waals surface area contributed by atoms with Gasteiger partial charge in [0.2, 0.25) is 0 Å². The van der Waals surface area contributed by atoms with Crippen LogP contribution in [0.5, 0.6) is 0 Å². The van der Waals surface area contributed by atoms with Gasteiger partial charge in [-0.3, -0.25) is 4.79 Å². The average Bonchev–Trinajstić information content (AvgIpc) is 2.42. The molecule has 0 spiro atoms. The molecule has 0 radical (unpaired) electrons. The van der Waals surface area contributed by atoms with E-state index in [2.05, 4.69) is 0 Å². The summed E-state index contributed by atoms with van der Waals surface area (Å²) in [5, 5.41) is 8.71. The normalized spacial score (nSPS) is 15.1. The summed E-state index contributed by atoms with van der Waals surface area (Å²) in [6.45, 7) is 1.71. The number of hydrogen-bond donors (Lipinski definition) is 2. The minimum Gasteiger partial charge on any atom is -0.480 e. The lowest BCUT2D eigenvalue weighted by atomic mass is 9.97. The van der Waals surface area contributed by atoms with E-state index in [4.69, 9.17) is 34.0 Å². The van der Waals surface area contributed by atoms with E-state index in [0.29, 0.717) is 14.2 Å². The molecule has 1 aromatic rings. The Bertz CT molecular complexity index is 353. The lowest BCUT2D eigenvalue weighted by Gasteiger charge is -2.14. The SMILES string of the molecule is CC(c1cc(Cl)sc1Cl)C(N)C(=O)O. The molecular formula is C8H9Cl2NO2S. The largest absolute Gasteiger partial charge is 0.480 e. The average molecular weight is 254 g/mol. The predicted molar refractivity (Wildman–Crippen MR) is 58.4 cm³/mol. The highest BCUT2D eigenvalue weighted by Crippen LogP contribution is 2.36. The molecule has 0 aliphatic carbocycles. The standard InChI is InChI=1S/C8H9Cl2NO2S/c1-3(6(11)8(12)13)4-2-5(9)14-7(4)10/h2-3,6H,11H2,1H3,(H,12,13). The van der Waals surface area contributed by atoms with Gasteiger partial charge >= 0.3 is 5.97 Å². The van der Waals surface area contributed by atoms with Crippen LogP contribution in [-0.4, -0.2) is 17.1 Å². The summed E-state index contributed by atoms with van der Waals surface area (Å²) in [6.07, 6.45) is 0. The molecule has 1 aromatic heterocycles. The van der Waals surface area contributed by atoms with Gasteiger partial charge in [0.05, 0.1) is 8.67 Å². The van der Waals surface area contributed by atoms with Crippen molar-refractivity contribution < 1.29 is 9.90 Å². The first kappa shape index (κ1) is 11.8. The van der Waals surface area contributed by atoms with Gasteiger partial charge in [-0.25, -0.2) is 0 Å². The Morgan fingerprint density at radius 3 is 2.57 bits per heavy atom. The lowest BCUT2D eigenvalue weighted by molar-refractivity contribution is -0.138. The van der Waals surface area contributed by atoms with Crippen molar-refractivity contribution in [3.05, 3.63) is 20.3 Å². The van der Waals surface area contributed by atoms with Gasteiger partial charge in [0.25, 0.3) is 0 Å². The minimum absolute atomic E-state index is 0.344. The van der Waals surface area contributed by atoms with Gasteiger partial charge < -0.3 is 10.8 Å². The Morgan fingerprint density at radius 2 is 2.21 bits per heavy atom. The van der Waals surface area contributed by atoms with Crippen LogP contribution in [0.1, 0.15) is 18.4 Å². The van der Waals surface area contributed by atoms with E-state index in [-0.39, 0.29) is 5.92 Å². The number of hydrogen-bond acceptors (Lipinski definition) is 3. The second-order valence-corrected chi connectivity index (χ2v) is 5.22. The second kappa shape index (κ2) is 4.49. The van der Waals surface area contributed by atoms with Crippen molar-refractivity contribution in [3.63, 3.8) is 0 Å². The Hall–Kier alpha value is -0.290. The molecule has 0 aliphatic heterocycles. The van der Waals surface area contributed by atoms with E-state index >= 15 is 0 Å². The van der Waals surface area contributed by atoms with Gasteiger partial charge in [0, 0.05) is 5.92 Å². The first-order valence-corrected chi connectivity index (χ1v) is 5.44. The second-order valence-electron chi connectivity index (χ2n) is 2.93. The monoisotopic (exact) mass is 253 g/mol. The molecule has 78 valence electrons. The van der Waals surface area contributed by atoms with E-state index in [0.717, 1.165) is 0 Å². The third-order valence-electron chi connectivity index (χ3n) is 2.00. The molecule has 3 nitrogen and oxygen atoms in total. The molecule has 0 fully saturated rings. The van der Waals surface area contributed by atoms with E-state index < -0.39 is 12.0 Å². The van der Waals surface area contributed by atoms with Crippen molar-refractivity contribution >= 4 is 40.5 Å². The summed E-state index contributed by atoms with van der Waals surface area (Å²) < 4.78 is 1.04. The Kier molecular flexibility index (Phi) is 3.78. The van der Waals surface area contributed by atoms with E-state index in [1.54, 1.807) is 13.0 Å². The van der Waals surface area contributed by atoms with Crippen LogP contribution in [0.3, 0.4) is 0 Å². The first-order valence-electron chi connectivity index (χ1n) is 3.86. The van der Waals surface area contributed by atoms with Crippen molar-refractivity contribution in [2.24, 2.45) is 5.73 Å². The molecule has 1 heterocycles. The number of rotatable bonds is 3. The number of carboxylic acids is 1. The topological polar surface area (TPSA) is 63.3 Å². The third kappa shape index (κ3) is 2.39. The van der Waals surface area contributed by atoms with Crippen LogP contribution in [0.4, 0.5) is 0 Å². The van der Waals surface area contributed by atoms with Crippen molar-refractivity contribution in [2.45, 2.75) is 18.9 Å². The molecule has 2 unspecified atom stereocenters. The van der Waals surface area contributed by atoms with Gasteiger partial charge in [-0.05, 0) is 11.6 Å². The van der Waals surface area contributed by atoms with Gasteiger partial charge in [0.1, 0.15) is 6.04 Å². The molecule has 0 aliphatic rings. The summed E-state index contributed by atoms with van der Waals surface area (Å²) in [6, 6.07) is 0.695. The Labute approximate surface area is 95.4 Å². The summed E-state index contributed by atoms with van der Waals surface area (Å²) in [5.41, 5.74) is 6.16. The third-order valence-corrected chi connectivity index (χ3v) is 3.52. The number of aliphatic carboxylic acids is 1. The fraction of sp³-hybridized carbons (Fsp3) is 0.375. The smallest absolute Gasteiger partial charge is 0.321 e. The molecule has 2 atom stereocenters. The number of nitrogens with two attached hydrogens (primary N) is 1. The van der Waals surface area contributed by atoms with Crippen LogP contribution in [0.25, 0.3) is 0 Å². The number of carbonyl (C=O) groups is 1. The number of thiophene rings is 1. The van der Waals surface area contributed by atoms with Crippen LogP contribution in [-0.2, 0) is 4.79 Å². The van der Waals surface area contributed by atoms with Crippen molar-refractivity contribution in [3.8, 4) is 0 Å². The van der Waals surface area contributed by atoms with Crippen molar-refractivity contribution in [2.75, 3.05) is 0 Å². The molecule has 3 N–H and O–H groups in total. The quantitative estimate of drug-likeness (QED) is 0.871. The summed E-state index contributed by atoms with van der Waals surface area (Å²) >= 11 is 12.8. The zero-order valence-electron chi connectivity index (χ0n) is 7.33. The molecule has 1 rings (SSSR count). The van der Waals surface area contributed by atoms with Crippen LogP contribution < -0.4 is 5.73 Å². The van der Waals surface area contributed by atoms with E-state index in [1.807, 2.05) is 0 Å². The zero-order valence-corrected chi connectivity index (χ0v) is 9.66. The lowest BCUT2D eigenvalue weighted by Crippen LogP contribution is -2.35. The molecule has 0 saturated carbocycles. The van der Waals surface area contributed by atoms with Gasteiger partial charge in [0.15, 0.2) is 0 Å². The van der Waals surface area contributed by atoms with Crippen molar-refractivity contribution in [1.82, 2.24) is 0 Å². The van der Waals surface area contributed by atoms with Crippen LogP contribution >= 0.6 is 34.5 Å². The highest BCUT2D eigenvalue weighted by Gasteiger charge is 2.24. The molecule has 0 amide bonds. The molecular weight excluding hydrogens is 245 g/mol. The fourth-order valence-electron chi connectivity index (χ4n) is 1.07. The maximum absolute atomic E-state index is 10.6. The predicted octanol–water partition coefficient (Wildman–Crippen LogP) is 2.57. The summed E-state index contributed by atoms with van der Waals surface area (Å²) in [5.74, 6) is -1.39. The number of carboxylic acid groups (broad SMARTS) is 1. The molecule has 14 heavy (non-hydrogen) atoms. The zero-order chi connectivity index (χ0) is 10.9. The minimum atomic E-state index is -1.05. The number of halogens is 2. The van der Waals surface area contributed by atoms with Crippen LogP contribution in [0.2, 0.25) is 8.67 Å². The van der Waals surface area contributed by atoms with Crippen LogP contribution in [0, 0.1) is 0 Å². The highest BCUT2D eigenvalue weighted by atomic mass is 35.5. The first-order chi connectivity index (χ1) is 6.43. The molecule has 6 heteroatoms. The molecule has 0 bridgehead atoms. The Morgan fingerprint density at radius 1 is 1.64 bits per heavy atom. The van der Waals surface area contributed by atoms with Gasteiger partial charge in [-0.2, -0.15) is 0 Å². The van der Waals surface area contributed by atoms with Crippen LogP contribution in [0.15, 0.2) is 6.07 Å². The molecule has 0 saturated heterocycles. The van der Waals surface area contributed by atoms with Gasteiger partial charge in [-0.15, -0.1) is 11.3 Å². The summed E-state index contributed by atoms with van der Waals surface area (Å²) in [4.78, 5) is 10.6. The van der Waals surface area contributed by atoms with E-state index in [9.17, 15) is 4.79 Å². The van der Waals surface area contributed by atoms with Gasteiger partial charge in [-0.1, -0.05) is 30.1 Å². The summed E-state index contributed by atoms with van der Waals surface area (Å²) in [7, 11) is 0. The maximum atomic E-state index is 10.6. The van der Waals surface area contributed by atoms with E-state index in [1.165, 1.54) is 11.3 Å². The molecule has 0 aromatic carbocycles. The Balaban J connectivity index is 2.94.